The second kappa shape index (κ2) is 13.9. The Morgan fingerprint density at radius 1 is 1.09 bits per heavy atom. The fraction of sp³-hybridized carbons (Fsp3) is 0.471. The van der Waals surface area contributed by atoms with Crippen LogP contribution in [0.4, 0.5) is 11.4 Å². The van der Waals surface area contributed by atoms with Crippen LogP contribution in [-0.4, -0.2) is 45.4 Å². The van der Waals surface area contributed by atoms with Crippen LogP contribution >= 0.6 is 15.9 Å². The molecule has 3 rings (SSSR count). The van der Waals surface area contributed by atoms with Gasteiger partial charge in [0.2, 0.25) is 5.91 Å². The van der Waals surface area contributed by atoms with Gasteiger partial charge in [-0.15, -0.1) is 6.58 Å². The first-order valence-corrected chi connectivity index (χ1v) is 18.0. The summed E-state index contributed by atoms with van der Waals surface area (Å²) in [4.78, 5) is 43.2. The van der Waals surface area contributed by atoms with Crippen molar-refractivity contribution >= 4 is 47.5 Å². The van der Waals surface area contributed by atoms with Crippen LogP contribution in [0.5, 0.6) is 0 Å². The highest BCUT2D eigenvalue weighted by molar-refractivity contribution is 9.10. The number of likely N-dealkylation sites (N-methyl/N-ethyl adjacent to an activating group) is 1. The number of anilines is 1. The van der Waals surface area contributed by atoms with Crippen molar-refractivity contribution in [3.8, 4) is 0 Å². The highest BCUT2D eigenvalue weighted by atomic mass is 79.9. The first kappa shape index (κ1) is 35.4. The Hall–Kier alpha value is -3.08. The zero-order valence-corrected chi connectivity index (χ0v) is 29.5. The zero-order valence-electron chi connectivity index (χ0n) is 26.9. The van der Waals surface area contributed by atoms with Crippen LogP contribution in [0, 0.1) is 10.1 Å². The van der Waals surface area contributed by atoms with E-state index in [1.54, 1.807) is 19.2 Å². The minimum absolute atomic E-state index is 0.0817. The van der Waals surface area contributed by atoms with Gasteiger partial charge in [0.25, 0.3) is 5.69 Å². The number of nitro benzene ring substituents is 1. The standard InChI is InChI=1S/C34H45BrN2O6Si/c1-10-18-34(32(39)42-20-11-2,28-17-16-26(35)22-30(28)37(40)41)33(27-14-12-13-15-29(27)36(9)31(33)38)19-21-43-44(23(3)4,24(5)6)25(7)8/h10-17,22-25H,1-2,18-21H2,3-9H3. The van der Waals surface area contributed by atoms with Gasteiger partial charge in [0.05, 0.1) is 10.3 Å². The molecule has 238 valence electrons. The molecular formula is C34H45BrN2O6Si. The Balaban J connectivity index is 2.47. The Morgan fingerprint density at radius 3 is 2.25 bits per heavy atom. The third-order valence-electron chi connectivity index (χ3n) is 9.41. The summed E-state index contributed by atoms with van der Waals surface area (Å²) < 4.78 is 13.3. The van der Waals surface area contributed by atoms with E-state index in [0.29, 0.717) is 15.7 Å². The molecular weight excluding hydrogens is 640 g/mol. The van der Waals surface area contributed by atoms with Gasteiger partial charge in [-0.1, -0.05) is 94.4 Å². The molecule has 0 spiro atoms. The summed E-state index contributed by atoms with van der Waals surface area (Å²) >= 11 is 3.35. The van der Waals surface area contributed by atoms with E-state index in [2.05, 4.69) is 70.6 Å². The minimum atomic E-state index is -2.39. The summed E-state index contributed by atoms with van der Waals surface area (Å²) in [6.45, 7) is 20.8. The molecule has 44 heavy (non-hydrogen) atoms. The molecule has 1 aliphatic rings. The van der Waals surface area contributed by atoms with Gasteiger partial charge in [0, 0.05) is 35.4 Å². The molecule has 2 unspecified atom stereocenters. The molecule has 8 nitrogen and oxygen atoms in total. The van der Waals surface area contributed by atoms with E-state index in [9.17, 15) is 19.7 Å². The number of allylic oxidation sites excluding steroid dienone is 1. The van der Waals surface area contributed by atoms with Gasteiger partial charge >= 0.3 is 5.97 Å². The number of amides is 1. The molecule has 1 heterocycles. The van der Waals surface area contributed by atoms with Gasteiger partial charge in [0.1, 0.15) is 12.0 Å². The molecule has 0 aliphatic carbocycles. The van der Waals surface area contributed by atoms with E-state index in [1.165, 1.54) is 23.1 Å². The fourth-order valence-corrected chi connectivity index (χ4v) is 13.6. The molecule has 0 fully saturated rings. The fourth-order valence-electron chi connectivity index (χ4n) is 7.76. The second-order valence-corrected chi connectivity index (χ2v) is 18.8. The Kier molecular flexibility index (Phi) is 11.2. The highest BCUT2D eigenvalue weighted by Gasteiger charge is 2.68. The molecule has 0 aromatic heterocycles. The second-order valence-electron chi connectivity index (χ2n) is 12.4. The quantitative estimate of drug-likeness (QED) is 0.0614. The minimum Gasteiger partial charge on any atom is -0.461 e. The maximum atomic E-state index is 14.9. The van der Waals surface area contributed by atoms with Gasteiger partial charge in [-0.3, -0.25) is 19.7 Å². The number of hydrogen-bond donors (Lipinski definition) is 0. The van der Waals surface area contributed by atoms with Crippen molar-refractivity contribution in [3.63, 3.8) is 0 Å². The maximum Gasteiger partial charge on any atom is 0.318 e. The van der Waals surface area contributed by atoms with Crippen molar-refractivity contribution < 1.29 is 23.7 Å². The summed E-state index contributed by atoms with van der Waals surface area (Å²) in [6.07, 6.45) is 2.97. The lowest BCUT2D eigenvalue weighted by atomic mass is 9.54. The topological polar surface area (TPSA) is 99.0 Å². The van der Waals surface area contributed by atoms with Crippen LogP contribution in [0.15, 0.2) is 72.2 Å². The van der Waals surface area contributed by atoms with E-state index in [0.717, 1.165) is 0 Å². The average Bonchev–Trinajstić information content (AvgIpc) is 3.19. The zero-order chi connectivity index (χ0) is 33.0. The average molecular weight is 686 g/mol. The largest absolute Gasteiger partial charge is 0.461 e. The van der Waals surface area contributed by atoms with E-state index in [1.807, 2.05) is 24.3 Å². The summed E-state index contributed by atoms with van der Waals surface area (Å²) in [5, 5.41) is 12.6. The van der Waals surface area contributed by atoms with Crippen molar-refractivity contribution in [1.82, 2.24) is 0 Å². The van der Waals surface area contributed by atoms with E-state index in [-0.39, 0.29) is 59.8 Å². The lowest BCUT2D eigenvalue weighted by Gasteiger charge is -2.47. The van der Waals surface area contributed by atoms with E-state index in [4.69, 9.17) is 9.16 Å². The first-order valence-electron chi connectivity index (χ1n) is 15.1. The number of fused-ring (bicyclic) bond motifs is 1. The molecule has 0 saturated heterocycles. The normalized spacial score (nSPS) is 18.0. The number of nitrogens with zero attached hydrogens (tertiary/aromatic N) is 2. The number of para-hydroxylation sites is 1. The smallest absolute Gasteiger partial charge is 0.318 e. The molecule has 0 radical (unpaired) electrons. The summed E-state index contributed by atoms with van der Waals surface area (Å²) in [5.41, 5.74) is -1.61. The number of hydrogen-bond acceptors (Lipinski definition) is 6. The maximum absolute atomic E-state index is 14.9. The molecule has 10 heteroatoms. The van der Waals surface area contributed by atoms with Crippen molar-refractivity contribution in [2.75, 3.05) is 25.2 Å². The third kappa shape index (κ3) is 5.60. The number of esters is 1. The molecule has 0 saturated carbocycles. The predicted molar refractivity (Wildman–Crippen MR) is 182 cm³/mol. The summed E-state index contributed by atoms with van der Waals surface area (Å²) in [5.74, 6) is -1.12. The lowest BCUT2D eigenvalue weighted by Crippen LogP contribution is -2.60. The number of ether oxygens (including phenoxy) is 1. The van der Waals surface area contributed by atoms with Crippen LogP contribution in [0.25, 0.3) is 0 Å². The van der Waals surface area contributed by atoms with Crippen LogP contribution < -0.4 is 4.90 Å². The number of rotatable bonds is 15. The first-order chi connectivity index (χ1) is 20.7. The highest BCUT2D eigenvalue weighted by Crippen LogP contribution is 2.59. The number of carbonyl (C=O) groups excluding carboxylic acids is 2. The molecule has 0 N–H and O–H groups in total. The van der Waals surface area contributed by atoms with Gasteiger partial charge < -0.3 is 14.1 Å². The summed E-state index contributed by atoms with van der Waals surface area (Å²) in [6, 6.07) is 11.9. The Morgan fingerprint density at radius 2 is 1.70 bits per heavy atom. The molecule has 2 atom stereocenters. The molecule has 1 aliphatic heterocycles. The predicted octanol–water partition coefficient (Wildman–Crippen LogP) is 8.40. The van der Waals surface area contributed by atoms with Crippen molar-refractivity contribution in [3.05, 3.63) is 93.5 Å². The molecule has 2 aromatic carbocycles. The van der Waals surface area contributed by atoms with Crippen molar-refractivity contribution in [2.45, 2.75) is 81.8 Å². The monoisotopic (exact) mass is 684 g/mol. The number of carbonyl (C=O) groups is 2. The SMILES string of the molecule is C=CCOC(=O)C(CC=C)(c1ccc(Br)cc1[N+](=O)[O-])C1(CCO[Si](C(C)C)(C(C)C)C(C)C)C(=O)N(C)c2ccccc21. The third-order valence-corrected chi connectivity index (χ3v) is 16.0. The molecule has 1 amide bonds. The van der Waals surface area contributed by atoms with Crippen molar-refractivity contribution in [2.24, 2.45) is 0 Å². The molecule has 0 bridgehead atoms. The van der Waals surface area contributed by atoms with Gasteiger partial charge in [-0.25, -0.2) is 0 Å². The Bertz CT molecular complexity index is 1400. The van der Waals surface area contributed by atoms with Gasteiger partial charge in [0.15, 0.2) is 8.32 Å². The number of benzene rings is 2. The Labute approximate surface area is 270 Å². The van der Waals surface area contributed by atoms with Crippen LogP contribution in [-0.2, 0) is 29.6 Å². The molecule has 2 aromatic rings. The summed E-state index contributed by atoms with van der Waals surface area (Å²) in [7, 11) is -0.724. The van der Waals surface area contributed by atoms with Crippen LogP contribution in [0.1, 0.15) is 65.5 Å². The van der Waals surface area contributed by atoms with Crippen LogP contribution in [0.3, 0.4) is 0 Å². The lowest BCUT2D eigenvalue weighted by molar-refractivity contribution is -0.386. The van der Waals surface area contributed by atoms with E-state index >= 15 is 0 Å². The van der Waals surface area contributed by atoms with Crippen LogP contribution in [0.2, 0.25) is 16.6 Å². The van der Waals surface area contributed by atoms with Gasteiger partial charge in [-0.05, 0) is 53.2 Å². The van der Waals surface area contributed by atoms with Gasteiger partial charge in [-0.2, -0.15) is 0 Å². The van der Waals surface area contributed by atoms with Crippen molar-refractivity contribution in [1.29, 1.82) is 0 Å². The number of nitro groups is 1. The number of halogens is 1. The van der Waals surface area contributed by atoms with E-state index < -0.39 is 30.0 Å².